The van der Waals surface area contributed by atoms with E-state index >= 15 is 0 Å². The summed E-state index contributed by atoms with van der Waals surface area (Å²) in [5.41, 5.74) is 23.4. The summed E-state index contributed by atoms with van der Waals surface area (Å²) >= 11 is 0. The first kappa shape index (κ1) is 42.9. The molecule has 15 rings (SSSR count). The number of rotatable bonds is 5. The Balaban J connectivity index is 1.02. The highest BCUT2D eigenvalue weighted by Gasteiger charge is 2.28. The molecular formula is C72H54N2. The number of fused-ring (bicyclic) bond motifs is 9. The molecule has 0 N–H and O–H groups in total. The van der Waals surface area contributed by atoms with Crippen molar-refractivity contribution in [3.8, 4) is 33.4 Å². The van der Waals surface area contributed by atoms with Gasteiger partial charge in [-0.3, -0.25) is 0 Å². The third-order valence-corrected chi connectivity index (χ3v) is 16.7. The molecule has 0 amide bonds. The van der Waals surface area contributed by atoms with Crippen molar-refractivity contribution in [2.45, 2.75) is 51.4 Å². The monoisotopic (exact) mass is 946 g/mol. The summed E-state index contributed by atoms with van der Waals surface area (Å²) in [4.78, 5) is 5.12. The number of allylic oxidation sites excluding steroid dienone is 4. The van der Waals surface area contributed by atoms with Gasteiger partial charge in [0.2, 0.25) is 0 Å². The molecule has 4 aliphatic rings. The zero-order valence-electron chi connectivity index (χ0n) is 41.5. The molecule has 2 heteroatoms. The molecule has 2 nitrogen and oxygen atoms in total. The molecule has 2 aliphatic heterocycles. The van der Waals surface area contributed by atoms with Crippen molar-refractivity contribution in [3.63, 3.8) is 0 Å². The molecule has 2 heterocycles. The van der Waals surface area contributed by atoms with Crippen LogP contribution in [0.3, 0.4) is 0 Å². The fourth-order valence-electron chi connectivity index (χ4n) is 13.2. The van der Waals surface area contributed by atoms with Crippen molar-refractivity contribution >= 4 is 77.6 Å². The van der Waals surface area contributed by atoms with Crippen LogP contribution in [0.1, 0.15) is 53.5 Å². The smallest absolute Gasteiger partial charge is 0.0493 e. The van der Waals surface area contributed by atoms with Crippen molar-refractivity contribution in [1.82, 2.24) is 0 Å². The molecular weight excluding hydrogens is 893 g/mol. The average molecular weight is 947 g/mol. The Hall–Kier alpha value is -8.72. The first-order valence-electron chi connectivity index (χ1n) is 26.8. The van der Waals surface area contributed by atoms with E-state index in [1.165, 1.54) is 138 Å². The number of anilines is 5. The first-order chi connectivity index (χ1) is 36.7. The van der Waals surface area contributed by atoms with E-state index in [0.717, 1.165) is 51.4 Å². The van der Waals surface area contributed by atoms with Crippen LogP contribution in [0.15, 0.2) is 236 Å². The Bertz CT molecular complexity index is 4160. The van der Waals surface area contributed by atoms with E-state index in [-0.39, 0.29) is 0 Å². The second-order valence-electron chi connectivity index (χ2n) is 20.8. The summed E-state index contributed by atoms with van der Waals surface area (Å²) in [6.45, 7) is 0. The van der Waals surface area contributed by atoms with E-state index in [9.17, 15) is 0 Å². The lowest BCUT2D eigenvalue weighted by Gasteiger charge is -2.30. The molecule has 0 spiro atoms. The Morgan fingerprint density at radius 1 is 0.311 bits per heavy atom. The molecule has 0 atom stereocenters. The number of benzene rings is 11. The van der Waals surface area contributed by atoms with E-state index in [2.05, 4.69) is 240 Å². The van der Waals surface area contributed by atoms with Crippen molar-refractivity contribution < 1.29 is 0 Å². The van der Waals surface area contributed by atoms with Crippen LogP contribution in [0.5, 0.6) is 0 Å². The van der Waals surface area contributed by atoms with Crippen LogP contribution in [0.25, 0.3) is 82.5 Å². The predicted molar refractivity (Wildman–Crippen MR) is 315 cm³/mol. The van der Waals surface area contributed by atoms with Gasteiger partial charge in [-0.2, -0.15) is 0 Å². The van der Waals surface area contributed by atoms with Gasteiger partial charge in [-0.05, 0) is 216 Å². The van der Waals surface area contributed by atoms with Crippen LogP contribution in [0, 0.1) is 0 Å². The van der Waals surface area contributed by atoms with Crippen LogP contribution in [-0.4, -0.2) is 0 Å². The van der Waals surface area contributed by atoms with E-state index < -0.39 is 0 Å². The van der Waals surface area contributed by atoms with Gasteiger partial charge in [-0.1, -0.05) is 176 Å². The Morgan fingerprint density at radius 3 is 1.57 bits per heavy atom. The molecule has 0 aromatic heterocycles. The summed E-state index contributed by atoms with van der Waals surface area (Å²) in [5.74, 6) is 0. The number of hydrogen-bond donors (Lipinski definition) is 0. The summed E-state index contributed by atoms with van der Waals surface area (Å²) < 4.78 is 0. The fourth-order valence-corrected chi connectivity index (χ4v) is 13.2. The summed E-state index contributed by atoms with van der Waals surface area (Å²) in [7, 11) is 0. The molecule has 352 valence electrons. The zero-order chi connectivity index (χ0) is 48.7. The summed E-state index contributed by atoms with van der Waals surface area (Å²) in [6.07, 6.45) is 17.9. The largest absolute Gasteiger partial charge is 0.310 e. The molecule has 0 bridgehead atoms. The number of hydrogen-bond acceptors (Lipinski definition) is 2. The minimum Gasteiger partial charge on any atom is -0.310 e. The van der Waals surface area contributed by atoms with Gasteiger partial charge in [0, 0.05) is 34.1 Å². The van der Waals surface area contributed by atoms with E-state index in [1.807, 2.05) is 0 Å². The Labute approximate surface area is 433 Å². The topological polar surface area (TPSA) is 6.48 Å². The highest BCUT2D eigenvalue weighted by Crippen LogP contribution is 2.51. The second-order valence-corrected chi connectivity index (χ2v) is 20.8. The zero-order valence-corrected chi connectivity index (χ0v) is 41.5. The van der Waals surface area contributed by atoms with Gasteiger partial charge in [0.1, 0.15) is 0 Å². The molecule has 0 saturated carbocycles. The number of aryl methyl sites for hydroxylation is 4. The maximum absolute atomic E-state index is 2.58. The van der Waals surface area contributed by atoms with E-state index in [1.54, 1.807) is 5.57 Å². The SMILES string of the molecule is C1=CC2=C(CC1)CCc1ccccc1N2c1ccc2c(-c3ccc(-c4cc5ccccc5c5ccccc45)cc3)c3cc(N4c5ccccc5CCc5ccccc54)ccc3c(-c3ccc4c(c3)CCC=C4)c2c1. The predicted octanol–water partition coefficient (Wildman–Crippen LogP) is 19.5. The third kappa shape index (κ3) is 7.00. The molecule has 11 aromatic rings. The normalized spacial score (nSPS) is 14.9. The molecule has 11 aromatic carbocycles. The lowest BCUT2D eigenvalue weighted by molar-refractivity contribution is 0.833. The van der Waals surface area contributed by atoms with Crippen molar-refractivity contribution in [2.24, 2.45) is 0 Å². The van der Waals surface area contributed by atoms with Gasteiger partial charge >= 0.3 is 0 Å². The minimum atomic E-state index is 1.00. The standard InChI is InChI=1S/C72H54N2/c1-2-20-54-43-56(38-29-47(54)15-1)72-63-42-40-57(73-67-25-11-4-16-49(67)32-33-50-17-5-12-26-68(50)73)45-65(63)71(53-36-30-48(31-37-53)64-44-55-21-3-8-22-59(55)60-23-9-10-24-61(60)64)62-41-39-58(46-66(62)72)74-69-27-13-6-18-51(69)34-35-52-19-7-14-28-70(52)74/h1,3-6,8-18,21-31,36-46H,2,7,19-20,32-35H2. The second kappa shape index (κ2) is 17.5. The van der Waals surface area contributed by atoms with Gasteiger partial charge in [0.05, 0.1) is 0 Å². The van der Waals surface area contributed by atoms with E-state index in [0.29, 0.717) is 0 Å². The van der Waals surface area contributed by atoms with Crippen LogP contribution in [-0.2, 0) is 25.7 Å². The molecule has 74 heavy (non-hydrogen) atoms. The molecule has 0 unspecified atom stereocenters. The Morgan fingerprint density at radius 2 is 0.851 bits per heavy atom. The van der Waals surface area contributed by atoms with E-state index in [4.69, 9.17) is 0 Å². The molecule has 0 saturated heterocycles. The maximum Gasteiger partial charge on any atom is 0.0493 e. The lowest BCUT2D eigenvalue weighted by Crippen LogP contribution is -2.18. The van der Waals surface area contributed by atoms with Crippen molar-refractivity contribution in [1.29, 1.82) is 0 Å². The first-order valence-corrected chi connectivity index (χ1v) is 26.8. The van der Waals surface area contributed by atoms with Gasteiger partial charge in [-0.15, -0.1) is 0 Å². The molecule has 0 radical (unpaired) electrons. The van der Waals surface area contributed by atoms with Gasteiger partial charge in [0.25, 0.3) is 0 Å². The maximum atomic E-state index is 2.58. The fraction of sp³-hybridized carbons (Fsp3) is 0.111. The lowest BCUT2D eigenvalue weighted by atomic mass is 9.83. The van der Waals surface area contributed by atoms with Crippen LogP contribution in [0.4, 0.5) is 28.4 Å². The Kier molecular flexibility index (Phi) is 10.1. The van der Waals surface area contributed by atoms with Gasteiger partial charge in [0.15, 0.2) is 0 Å². The van der Waals surface area contributed by atoms with Crippen molar-refractivity contribution in [2.75, 3.05) is 9.80 Å². The third-order valence-electron chi connectivity index (χ3n) is 16.7. The highest BCUT2D eigenvalue weighted by atomic mass is 15.2. The summed E-state index contributed by atoms with van der Waals surface area (Å²) in [5, 5.41) is 10.1. The van der Waals surface area contributed by atoms with Crippen molar-refractivity contribution in [3.05, 3.63) is 264 Å². The van der Waals surface area contributed by atoms with Crippen LogP contribution < -0.4 is 9.80 Å². The highest BCUT2D eigenvalue weighted by molar-refractivity contribution is 6.23. The van der Waals surface area contributed by atoms with Gasteiger partial charge in [-0.25, -0.2) is 0 Å². The average Bonchev–Trinajstić information content (AvgIpc) is 3.76. The molecule has 2 aliphatic carbocycles. The molecule has 0 fully saturated rings. The summed E-state index contributed by atoms with van der Waals surface area (Å²) in [6, 6.07) is 78.8. The minimum absolute atomic E-state index is 1.00. The number of nitrogens with zero attached hydrogens (tertiary/aromatic N) is 2. The van der Waals surface area contributed by atoms with Crippen LogP contribution in [0.2, 0.25) is 0 Å². The quantitative estimate of drug-likeness (QED) is 0.125. The van der Waals surface area contributed by atoms with Gasteiger partial charge < -0.3 is 9.80 Å². The van der Waals surface area contributed by atoms with Crippen LogP contribution >= 0.6 is 0 Å². The number of para-hydroxylation sites is 3.